The smallest absolute Gasteiger partial charge is 0.0788 e. The Morgan fingerprint density at radius 2 is 1.54 bits per heavy atom. The second kappa shape index (κ2) is 10.7. The van der Waals surface area contributed by atoms with E-state index < -0.39 is 0 Å². The molecule has 144 valence electrons. The summed E-state index contributed by atoms with van der Waals surface area (Å²) in [7, 11) is 1.72. The third-order valence-corrected chi connectivity index (χ3v) is 10.3. The molecular formula is C20H40Cl2P2. The fourth-order valence-corrected chi connectivity index (χ4v) is 9.99. The van der Waals surface area contributed by atoms with Gasteiger partial charge in [-0.25, -0.2) is 0 Å². The van der Waals surface area contributed by atoms with Crippen molar-refractivity contribution in [3.8, 4) is 0 Å². The molecule has 1 aliphatic carbocycles. The first-order valence-corrected chi connectivity index (χ1v) is 13.1. The summed E-state index contributed by atoms with van der Waals surface area (Å²) < 4.78 is -0.179. The first-order valence-electron chi connectivity index (χ1n) is 10.0. The minimum Gasteiger partial charge on any atom is -0.120 e. The van der Waals surface area contributed by atoms with Crippen LogP contribution in [0.25, 0.3) is 0 Å². The van der Waals surface area contributed by atoms with Crippen LogP contribution in [0.15, 0.2) is 0 Å². The molecule has 0 aliphatic heterocycles. The zero-order valence-corrected chi connectivity index (χ0v) is 20.2. The van der Waals surface area contributed by atoms with Gasteiger partial charge in [-0.05, 0) is 48.1 Å². The van der Waals surface area contributed by atoms with Crippen LogP contribution in [0.1, 0.15) is 92.9 Å². The van der Waals surface area contributed by atoms with Gasteiger partial charge < -0.3 is 0 Å². The fraction of sp³-hybridized carbons (Fsp3) is 1.00. The standard InChI is InChI=1S/C20H40Cl2P2/c1-7-9-11-19(12-10-8-2)13-17(23-15(3)4)18(21)20(22,14-19)24-16(5)6/h15-18,23-24H,7-14H2,1-6H3. The van der Waals surface area contributed by atoms with Gasteiger partial charge in [0.05, 0.1) is 9.99 Å². The SMILES string of the molecule is CCCCC1(CCCC)CC(PC(C)C)C(Cl)C(Cl)(PC(C)C)C1. The highest BCUT2D eigenvalue weighted by Gasteiger charge is 2.52. The maximum Gasteiger partial charge on any atom is 0.0788 e. The van der Waals surface area contributed by atoms with E-state index in [1.54, 1.807) is 0 Å². The van der Waals surface area contributed by atoms with Gasteiger partial charge in [0, 0.05) is 0 Å². The lowest BCUT2D eigenvalue weighted by Crippen LogP contribution is -2.49. The van der Waals surface area contributed by atoms with Gasteiger partial charge in [0.1, 0.15) is 0 Å². The Hall–Kier alpha value is 1.44. The van der Waals surface area contributed by atoms with E-state index in [2.05, 4.69) is 41.5 Å². The van der Waals surface area contributed by atoms with Gasteiger partial charge in [0.25, 0.3) is 0 Å². The summed E-state index contributed by atoms with van der Waals surface area (Å²) in [6.45, 7) is 13.9. The molecule has 0 nitrogen and oxygen atoms in total. The first-order chi connectivity index (χ1) is 11.2. The molecule has 24 heavy (non-hydrogen) atoms. The van der Waals surface area contributed by atoms with Crippen molar-refractivity contribution < 1.29 is 0 Å². The van der Waals surface area contributed by atoms with Crippen molar-refractivity contribution >= 4 is 40.4 Å². The molecule has 0 saturated heterocycles. The molecular weight excluding hydrogens is 373 g/mol. The largest absolute Gasteiger partial charge is 0.120 e. The second-order valence-electron chi connectivity index (χ2n) is 8.58. The lowest BCUT2D eigenvalue weighted by Gasteiger charge is -2.52. The zero-order chi connectivity index (χ0) is 18.4. The van der Waals surface area contributed by atoms with Crippen molar-refractivity contribution in [3.63, 3.8) is 0 Å². The van der Waals surface area contributed by atoms with Gasteiger partial charge in [-0.2, -0.15) is 0 Å². The summed E-state index contributed by atoms with van der Waals surface area (Å²) in [6, 6.07) is 0. The van der Waals surface area contributed by atoms with E-state index in [4.69, 9.17) is 23.2 Å². The van der Waals surface area contributed by atoms with Crippen molar-refractivity contribution in [1.29, 1.82) is 0 Å². The lowest BCUT2D eigenvalue weighted by molar-refractivity contribution is 0.148. The topological polar surface area (TPSA) is 0 Å². The maximum absolute atomic E-state index is 7.33. The van der Waals surface area contributed by atoms with E-state index in [-0.39, 0.29) is 9.99 Å². The molecule has 1 saturated carbocycles. The Morgan fingerprint density at radius 3 is 1.96 bits per heavy atom. The summed E-state index contributed by atoms with van der Waals surface area (Å²) in [4.78, 5) is 0. The molecule has 0 bridgehead atoms. The highest BCUT2D eigenvalue weighted by Crippen LogP contribution is 2.62. The molecule has 0 radical (unpaired) electrons. The monoisotopic (exact) mass is 412 g/mol. The quantitative estimate of drug-likeness (QED) is 0.250. The Kier molecular flexibility index (Phi) is 10.5. The van der Waals surface area contributed by atoms with Crippen molar-refractivity contribution in [2.75, 3.05) is 0 Å². The lowest BCUT2D eigenvalue weighted by atomic mass is 9.67. The molecule has 1 rings (SSSR count). The number of hydrogen-bond donors (Lipinski definition) is 0. The van der Waals surface area contributed by atoms with Gasteiger partial charge >= 0.3 is 0 Å². The number of hydrogen-bond acceptors (Lipinski definition) is 0. The molecule has 5 unspecified atom stereocenters. The van der Waals surface area contributed by atoms with Crippen LogP contribution in [0, 0.1) is 5.41 Å². The Morgan fingerprint density at radius 1 is 1.00 bits per heavy atom. The molecule has 0 spiro atoms. The van der Waals surface area contributed by atoms with Crippen molar-refractivity contribution in [1.82, 2.24) is 0 Å². The van der Waals surface area contributed by atoms with Crippen LogP contribution in [0.4, 0.5) is 0 Å². The maximum atomic E-state index is 7.33. The first kappa shape index (κ1) is 23.5. The van der Waals surface area contributed by atoms with Crippen molar-refractivity contribution in [3.05, 3.63) is 0 Å². The van der Waals surface area contributed by atoms with Gasteiger partial charge in [-0.3, -0.25) is 0 Å². The highest BCUT2D eigenvalue weighted by molar-refractivity contribution is 7.44. The van der Waals surface area contributed by atoms with E-state index in [0.717, 1.165) is 29.2 Å². The molecule has 5 atom stereocenters. The molecule has 0 N–H and O–H groups in total. The van der Waals surface area contributed by atoms with E-state index >= 15 is 0 Å². The summed E-state index contributed by atoms with van der Waals surface area (Å²) in [5.74, 6) is 0. The van der Waals surface area contributed by atoms with E-state index in [9.17, 15) is 0 Å². The van der Waals surface area contributed by atoms with Gasteiger partial charge in [0.15, 0.2) is 0 Å². The average Bonchev–Trinajstić information content (AvgIpc) is 2.47. The van der Waals surface area contributed by atoms with Gasteiger partial charge in [0.2, 0.25) is 0 Å². The normalized spacial score (nSPS) is 31.2. The molecule has 0 aromatic rings. The Labute approximate surface area is 165 Å². The fourth-order valence-electron chi connectivity index (χ4n) is 4.40. The summed E-state index contributed by atoms with van der Waals surface area (Å²) in [5.41, 5.74) is 2.42. The summed E-state index contributed by atoms with van der Waals surface area (Å²) in [5, 5.41) is 0.150. The molecule has 0 aromatic carbocycles. The minimum absolute atomic E-state index is 0.150. The van der Waals surface area contributed by atoms with Crippen LogP contribution in [-0.4, -0.2) is 27.0 Å². The van der Waals surface area contributed by atoms with Crippen LogP contribution in [0.5, 0.6) is 0 Å². The minimum atomic E-state index is -0.179. The molecule has 0 amide bonds. The van der Waals surface area contributed by atoms with Crippen LogP contribution < -0.4 is 0 Å². The highest BCUT2D eigenvalue weighted by atomic mass is 35.5. The van der Waals surface area contributed by atoms with Crippen LogP contribution in [0.3, 0.4) is 0 Å². The van der Waals surface area contributed by atoms with Gasteiger partial charge in [-0.15, -0.1) is 31.8 Å². The Bertz CT molecular complexity index is 352. The average molecular weight is 413 g/mol. The van der Waals surface area contributed by atoms with Crippen molar-refractivity contribution in [2.45, 2.75) is 120 Å². The molecule has 1 aliphatic rings. The molecule has 4 heteroatoms. The number of rotatable bonds is 10. The van der Waals surface area contributed by atoms with Crippen LogP contribution in [-0.2, 0) is 0 Å². The molecule has 0 aromatic heterocycles. The zero-order valence-electron chi connectivity index (χ0n) is 16.7. The van der Waals surface area contributed by atoms with Crippen LogP contribution >= 0.6 is 40.4 Å². The predicted octanol–water partition coefficient (Wildman–Crippen LogP) is 8.23. The second-order valence-corrected chi connectivity index (χ2v) is 14.6. The third-order valence-electron chi connectivity index (χ3n) is 5.27. The molecule has 0 heterocycles. The number of unbranched alkanes of at least 4 members (excludes halogenated alkanes) is 2. The van der Waals surface area contributed by atoms with Crippen LogP contribution in [0.2, 0.25) is 0 Å². The number of alkyl halides is 2. The summed E-state index contributed by atoms with van der Waals surface area (Å²) >= 11 is 14.4. The predicted molar refractivity (Wildman–Crippen MR) is 120 cm³/mol. The summed E-state index contributed by atoms with van der Waals surface area (Å²) in [6.07, 6.45) is 10.4. The van der Waals surface area contributed by atoms with Gasteiger partial charge in [-0.1, -0.05) is 75.8 Å². The number of halogens is 2. The van der Waals surface area contributed by atoms with E-state index in [1.165, 1.54) is 44.9 Å². The molecule has 1 fully saturated rings. The van der Waals surface area contributed by atoms with Crippen molar-refractivity contribution in [2.24, 2.45) is 5.41 Å². The third kappa shape index (κ3) is 6.87. The van der Waals surface area contributed by atoms with E-state index in [1.807, 2.05) is 0 Å². The Balaban J connectivity index is 3.11. The van der Waals surface area contributed by atoms with E-state index in [0.29, 0.717) is 16.7 Å².